The summed E-state index contributed by atoms with van der Waals surface area (Å²) < 4.78 is 0. The molecule has 0 spiro atoms. The van der Waals surface area contributed by atoms with Crippen molar-refractivity contribution >= 4 is 72.9 Å². The Balaban J connectivity index is 0.00000192. The fourth-order valence-corrected chi connectivity index (χ4v) is 4.30. The fourth-order valence-electron chi connectivity index (χ4n) is 3.20. The number of rotatable bonds is 5. The maximum Gasteiger partial charge on any atom is 0.0553 e. The molecule has 1 unspecified atom stereocenters. The molecule has 0 fully saturated rings. The third-order valence-corrected chi connectivity index (χ3v) is 5.54. The Hall–Kier alpha value is -0.0113. The van der Waals surface area contributed by atoms with Crippen LogP contribution in [-0.4, -0.2) is 54.5 Å². The molecule has 2 aromatic rings. The predicted molar refractivity (Wildman–Crippen MR) is 120 cm³/mol. The molecule has 6 heteroatoms. The third-order valence-electron chi connectivity index (χ3n) is 4.41. The van der Waals surface area contributed by atoms with Gasteiger partial charge >= 0.3 is 0 Å². The molecular weight excluding hydrogens is 475 g/mol. The van der Waals surface area contributed by atoms with Gasteiger partial charge in [-0.2, -0.15) is 13.5 Å². The summed E-state index contributed by atoms with van der Waals surface area (Å²) in [5.74, 6) is 0. The first-order valence-electron chi connectivity index (χ1n) is 8.12. The van der Waals surface area contributed by atoms with Crippen LogP contribution in [-0.2, 0) is 0 Å². The maximum absolute atomic E-state index is 2.52. The Morgan fingerprint density at radius 1 is 0.920 bits per heavy atom. The monoisotopic (exact) mass is 502 g/mol. The van der Waals surface area contributed by atoms with E-state index in [0.717, 1.165) is 19.6 Å². The third kappa shape index (κ3) is 5.48. The molecule has 2 aromatic carbocycles. The Bertz CT molecular complexity index is 607. The molecule has 136 valence electrons. The zero-order valence-corrected chi connectivity index (χ0v) is 20.5. The summed E-state index contributed by atoms with van der Waals surface area (Å²) in [6, 6.07) is 18.0. The number of hydrogen-bond donors (Lipinski definition) is 0. The van der Waals surface area contributed by atoms with Gasteiger partial charge in [-0.05, 0) is 44.3 Å². The summed E-state index contributed by atoms with van der Waals surface area (Å²) >= 11 is 1.88. The van der Waals surface area contributed by atoms with Crippen LogP contribution in [0.5, 0.6) is 0 Å². The smallest absolute Gasteiger partial charge is 0.0553 e. The second-order valence-corrected chi connectivity index (χ2v) is 6.80. The van der Waals surface area contributed by atoms with E-state index in [1.165, 1.54) is 21.2 Å². The van der Waals surface area contributed by atoms with Crippen molar-refractivity contribution in [3.8, 4) is 0 Å². The standard InChI is InChI=1S/C19H24N2S.ClH.H2S.Sn/c1-4-20(5-2)15(3)14-21-16-10-6-8-12-18(16)22-19-13-9-7-11-17(19)21;;;/h6-13,15H,4-5,14H2,1-3H3;1H;1H2;. The van der Waals surface area contributed by atoms with Crippen LogP contribution in [0.1, 0.15) is 20.8 Å². The summed E-state index contributed by atoms with van der Waals surface area (Å²) in [6.45, 7) is 10.0. The van der Waals surface area contributed by atoms with Gasteiger partial charge in [0.25, 0.3) is 0 Å². The molecule has 0 saturated heterocycles. The average Bonchev–Trinajstić information content (AvgIpc) is 2.55. The van der Waals surface area contributed by atoms with Crippen LogP contribution in [0.4, 0.5) is 11.4 Å². The molecule has 1 aliphatic heterocycles. The van der Waals surface area contributed by atoms with Crippen molar-refractivity contribution in [2.45, 2.75) is 36.6 Å². The second-order valence-electron chi connectivity index (χ2n) is 5.72. The van der Waals surface area contributed by atoms with Crippen LogP contribution >= 0.6 is 37.7 Å². The van der Waals surface area contributed by atoms with E-state index in [-0.39, 0.29) is 49.8 Å². The summed E-state index contributed by atoms with van der Waals surface area (Å²) in [5.41, 5.74) is 2.68. The molecule has 25 heavy (non-hydrogen) atoms. The number of fused-ring (bicyclic) bond motifs is 2. The number of nitrogens with zero attached hydrogens (tertiary/aromatic N) is 2. The van der Waals surface area contributed by atoms with Crippen molar-refractivity contribution in [3.05, 3.63) is 48.5 Å². The first kappa shape index (κ1) is 25.0. The molecule has 0 N–H and O–H groups in total. The van der Waals surface area contributed by atoms with Crippen molar-refractivity contribution in [2.75, 3.05) is 24.5 Å². The van der Waals surface area contributed by atoms with E-state index in [1.54, 1.807) is 0 Å². The van der Waals surface area contributed by atoms with Crippen LogP contribution in [0.2, 0.25) is 0 Å². The van der Waals surface area contributed by atoms with Crippen molar-refractivity contribution in [2.24, 2.45) is 0 Å². The summed E-state index contributed by atoms with van der Waals surface area (Å²) in [7, 11) is 0. The van der Waals surface area contributed by atoms with E-state index in [1.807, 2.05) is 11.8 Å². The Morgan fingerprint density at radius 2 is 1.36 bits per heavy atom. The minimum Gasteiger partial charge on any atom is -0.338 e. The summed E-state index contributed by atoms with van der Waals surface area (Å²) in [4.78, 5) is 7.72. The Morgan fingerprint density at radius 3 is 1.80 bits per heavy atom. The van der Waals surface area contributed by atoms with Crippen LogP contribution in [0.3, 0.4) is 0 Å². The summed E-state index contributed by atoms with van der Waals surface area (Å²) in [5, 5.41) is 0. The molecule has 0 aromatic heterocycles. The van der Waals surface area contributed by atoms with Gasteiger partial charge in [-0.15, -0.1) is 12.4 Å². The van der Waals surface area contributed by atoms with E-state index < -0.39 is 0 Å². The quantitative estimate of drug-likeness (QED) is 0.522. The van der Waals surface area contributed by atoms with Gasteiger partial charge in [0.1, 0.15) is 0 Å². The van der Waals surface area contributed by atoms with Gasteiger partial charge < -0.3 is 4.90 Å². The van der Waals surface area contributed by atoms with Gasteiger partial charge in [-0.3, -0.25) is 4.90 Å². The van der Waals surface area contributed by atoms with Gasteiger partial charge in [0, 0.05) is 46.3 Å². The number of para-hydroxylation sites is 2. The molecule has 0 saturated carbocycles. The zero-order valence-electron chi connectivity index (χ0n) is 15.0. The van der Waals surface area contributed by atoms with Gasteiger partial charge in [0.2, 0.25) is 0 Å². The largest absolute Gasteiger partial charge is 0.338 e. The van der Waals surface area contributed by atoms with Crippen LogP contribution < -0.4 is 4.90 Å². The van der Waals surface area contributed by atoms with Crippen molar-refractivity contribution in [1.29, 1.82) is 0 Å². The molecule has 4 radical (unpaired) electrons. The molecule has 1 atom stereocenters. The van der Waals surface area contributed by atoms with E-state index in [0.29, 0.717) is 6.04 Å². The van der Waals surface area contributed by atoms with E-state index in [2.05, 4.69) is 79.1 Å². The molecule has 0 aliphatic carbocycles. The molecule has 3 rings (SSSR count). The Labute approximate surface area is 186 Å². The SMILES string of the molecule is CCN(CC)C(C)CN1c2ccccc2Sc2ccccc21.Cl.S.[Sn]. The van der Waals surface area contributed by atoms with Gasteiger partial charge in [0.15, 0.2) is 0 Å². The van der Waals surface area contributed by atoms with Crippen LogP contribution in [0, 0.1) is 0 Å². The first-order chi connectivity index (χ1) is 10.7. The van der Waals surface area contributed by atoms with E-state index in [4.69, 9.17) is 0 Å². The number of likely N-dealkylation sites (N-methyl/N-ethyl adjacent to an activating group) is 1. The van der Waals surface area contributed by atoms with Gasteiger partial charge in [0.05, 0.1) is 11.4 Å². The minimum atomic E-state index is 0. The van der Waals surface area contributed by atoms with Crippen molar-refractivity contribution in [1.82, 2.24) is 4.90 Å². The van der Waals surface area contributed by atoms with E-state index in [9.17, 15) is 0 Å². The van der Waals surface area contributed by atoms with Crippen molar-refractivity contribution < 1.29 is 0 Å². The van der Waals surface area contributed by atoms with Gasteiger partial charge in [-0.25, -0.2) is 0 Å². The average molecular weight is 502 g/mol. The molecule has 2 nitrogen and oxygen atoms in total. The number of benzene rings is 2. The Kier molecular flexibility index (Phi) is 11.6. The second kappa shape index (κ2) is 11.6. The van der Waals surface area contributed by atoms with Crippen LogP contribution in [0.25, 0.3) is 0 Å². The van der Waals surface area contributed by atoms with Crippen LogP contribution in [0.15, 0.2) is 58.3 Å². The minimum absolute atomic E-state index is 0. The normalized spacial score (nSPS) is 12.9. The molecule has 1 heterocycles. The van der Waals surface area contributed by atoms with Gasteiger partial charge in [-0.1, -0.05) is 49.9 Å². The molecule has 0 amide bonds. The molecule has 1 aliphatic rings. The van der Waals surface area contributed by atoms with E-state index >= 15 is 0 Å². The first-order valence-corrected chi connectivity index (χ1v) is 8.93. The molecular formula is C19H27ClN2S2Sn. The number of halogens is 1. The number of hydrogen-bond acceptors (Lipinski definition) is 3. The molecule has 0 bridgehead atoms. The topological polar surface area (TPSA) is 6.48 Å². The maximum atomic E-state index is 2.52. The number of anilines is 2. The summed E-state index contributed by atoms with van der Waals surface area (Å²) in [6.07, 6.45) is 0. The predicted octanol–water partition coefficient (Wildman–Crippen LogP) is 5.17. The van der Waals surface area contributed by atoms with Crippen molar-refractivity contribution in [3.63, 3.8) is 0 Å². The fraction of sp³-hybridized carbons (Fsp3) is 0.368. The zero-order chi connectivity index (χ0) is 15.5.